The molecule has 0 aliphatic rings. The summed E-state index contributed by atoms with van der Waals surface area (Å²) in [6, 6.07) is 8.88. The Hall–Kier alpha value is -2.71. The maximum Gasteiger partial charge on any atom is 0.248 e. The van der Waals surface area contributed by atoms with Crippen LogP contribution in [0.4, 0.5) is 10.1 Å². The predicted octanol–water partition coefficient (Wildman–Crippen LogP) is 2.70. The van der Waals surface area contributed by atoms with Gasteiger partial charge in [0.2, 0.25) is 15.9 Å². The number of hydrogen-bond acceptors (Lipinski definition) is 4. The maximum absolute atomic E-state index is 13.5. The molecule has 26 heavy (non-hydrogen) atoms. The molecule has 0 heterocycles. The molecule has 0 aromatic heterocycles. The second-order valence-electron chi connectivity index (χ2n) is 5.40. The van der Waals surface area contributed by atoms with E-state index in [4.69, 9.17) is 4.74 Å². The topological polar surface area (TPSA) is 84.5 Å². The summed E-state index contributed by atoms with van der Waals surface area (Å²) in [5, 5.41) is 2.54. The first-order valence-corrected chi connectivity index (χ1v) is 9.12. The van der Waals surface area contributed by atoms with Gasteiger partial charge in [-0.25, -0.2) is 17.5 Å². The van der Waals surface area contributed by atoms with Gasteiger partial charge in [-0.1, -0.05) is 12.1 Å². The van der Waals surface area contributed by atoms with Gasteiger partial charge in [0, 0.05) is 11.8 Å². The van der Waals surface area contributed by atoms with Gasteiger partial charge in [-0.2, -0.15) is 0 Å². The quantitative estimate of drug-likeness (QED) is 0.757. The molecule has 0 saturated heterocycles. The highest BCUT2D eigenvalue weighted by Gasteiger charge is 2.17. The van der Waals surface area contributed by atoms with E-state index < -0.39 is 21.7 Å². The zero-order valence-corrected chi connectivity index (χ0v) is 15.4. The van der Waals surface area contributed by atoms with Crippen LogP contribution < -0.4 is 14.8 Å². The van der Waals surface area contributed by atoms with E-state index in [1.807, 2.05) is 0 Å². The van der Waals surface area contributed by atoms with E-state index in [2.05, 4.69) is 10.0 Å². The third-order valence-corrected chi connectivity index (χ3v) is 5.05. The van der Waals surface area contributed by atoms with Gasteiger partial charge in [0.05, 0.1) is 7.11 Å². The second kappa shape index (κ2) is 8.11. The first kappa shape index (κ1) is 19.6. The van der Waals surface area contributed by atoms with Crippen LogP contribution >= 0.6 is 0 Å². The molecule has 1 amide bonds. The molecule has 0 aliphatic heterocycles. The summed E-state index contributed by atoms with van der Waals surface area (Å²) in [5.74, 6) is -0.693. The molecule has 0 fully saturated rings. The number of methoxy groups -OCH3 is 1. The Morgan fingerprint density at radius 1 is 1.19 bits per heavy atom. The van der Waals surface area contributed by atoms with Crippen LogP contribution in [-0.4, -0.2) is 28.5 Å². The van der Waals surface area contributed by atoms with Crippen molar-refractivity contribution >= 4 is 27.7 Å². The van der Waals surface area contributed by atoms with Crippen molar-refractivity contribution in [2.24, 2.45) is 0 Å². The normalized spacial score (nSPS) is 11.5. The Kier molecular flexibility index (Phi) is 6.12. The Bertz CT molecular complexity index is 956. The van der Waals surface area contributed by atoms with E-state index in [-0.39, 0.29) is 10.6 Å². The van der Waals surface area contributed by atoms with Gasteiger partial charge in [-0.3, -0.25) is 4.79 Å². The third kappa shape index (κ3) is 4.68. The average Bonchev–Trinajstić information content (AvgIpc) is 2.62. The Morgan fingerprint density at radius 3 is 2.54 bits per heavy atom. The minimum absolute atomic E-state index is 0.0364. The standard InChI is InChI=1S/C18H19FN2O4S/c1-12-4-7-14(11-15(12)19)21-18(22)9-6-13-5-8-16(25-3)17(10-13)26(23,24)20-2/h4-11,20H,1-3H3,(H,21,22)/b9-6+. The van der Waals surface area contributed by atoms with Crippen molar-refractivity contribution in [3.8, 4) is 5.75 Å². The van der Waals surface area contributed by atoms with Crippen LogP contribution in [0.1, 0.15) is 11.1 Å². The molecule has 2 aromatic carbocycles. The molecule has 0 saturated carbocycles. The maximum atomic E-state index is 13.5. The summed E-state index contributed by atoms with van der Waals surface area (Å²) >= 11 is 0. The smallest absolute Gasteiger partial charge is 0.248 e. The van der Waals surface area contributed by atoms with Crippen molar-refractivity contribution in [3.63, 3.8) is 0 Å². The Balaban J connectivity index is 2.20. The Morgan fingerprint density at radius 2 is 1.92 bits per heavy atom. The summed E-state index contributed by atoms with van der Waals surface area (Å²) in [6.45, 7) is 1.63. The molecule has 8 heteroatoms. The fraction of sp³-hybridized carbons (Fsp3) is 0.167. The van der Waals surface area contributed by atoms with Gasteiger partial charge >= 0.3 is 0 Å². The SMILES string of the molecule is CNS(=O)(=O)c1cc(/C=C/C(=O)Nc2ccc(C)c(F)c2)ccc1OC. The van der Waals surface area contributed by atoms with Crippen molar-refractivity contribution in [1.29, 1.82) is 0 Å². The predicted molar refractivity (Wildman–Crippen MR) is 98.0 cm³/mol. The highest BCUT2D eigenvalue weighted by molar-refractivity contribution is 7.89. The molecular weight excluding hydrogens is 359 g/mol. The van der Waals surface area contributed by atoms with Gasteiger partial charge in [-0.05, 0) is 55.4 Å². The molecule has 0 atom stereocenters. The number of nitrogens with one attached hydrogen (secondary N) is 2. The minimum atomic E-state index is -3.71. The fourth-order valence-electron chi connectivity index (χ4n) is 2.14. The van der Waals surface area contributed by atoms with Crippen molar-refractivity contribution in [2.75, 3.05) is 19.5 Å². The lowest BCUT2D eigenvalue weighted by Crippen LogP contribution is -2.19. The monoisotopic (exact) mass is 378 g/mol. The molecule has 2 aromatic rings. The van der Waals surface area contributed by atoms with Crippen LogP contribution in [-0.2, 0) is 14.8 Å². The number of benzene rings is 2. The summed E-state index contributed by atoms with van der Waals surface area (Å²) in [7, 11) is -1.04. The fourth-order valence-corrected chi connectivity index (χ4v) is 3.07. The van der Waals surface area contributed by atoms with E-state index in [1.165, 1.54) is 44.5 Å². The molecule has 2 rings (SSSR count). The van der Waals surface area contributed by atoms with Crippen LogP contribution in [0.2, 0.25) is 0 Å². The van der Waals surface area contributed by atoms with Crippen molar-refractivity contribution in [3.05, 3.63) is 59.4 Å². The lowest BCUT2D eigenvalue weighted by molar-refractivity contribution is -0.111. The molecule has 0 unspecified atom stereocenters. The van der Waals surface area contributed by atoms with Crippen LogP contribution in [0.15, 0.2) is 47.4 Å². The van der Waals surface area contributed by atoms with E-state index in [0.717, 1.165) is 0 Å². The number of hydrogen-bond donors (Lipinski definition) is 2. The van der Waals surface area contributed by atoms with Crippen LogP contribution in [0.25, 0.3) is 6.08 Å². The summed E-state index contributed by atoms with van der Waals surface area (Å²) in [4.78, 5) is 11.9. The van der Waals surface area contributed by atoms with E-state index in [1.54, 1.807) is 25.1 Å². The van der Waals surface area contributed by atoms with Gasteiger partial charge < -0.3 is 10.1 Å². The summed E-state index contributed by atoms with van der Waals surface area (Å²) in [6.07, 6.45) is 2.68. The molecule has 0 bridgehead atoms. The zero-order valence-electron chi connectivity index (χ0n) is 14.5. The third-order valence-electron chi connectivity index (χ3n) is 3.61. The number of ether oxygens (including phenoxy) is 1. The van der Waals surface area contributed by atoms with Crippen LogP contribution in [0.3, 0.4) is 0 Å². The van der Waals surface area contributed by atoms with Crippen LogP contribution in [0.5, 0.6) is 5.75 Å². The molecule has 6 nitrogen and oxygen atoms in total. The number of aryl methyl sites for hydroxylation is 1. The van der Waals surface area contributed by atoms with E-state index >= 15 is 0 Å². The molecule has 0 spiro atoms. The summed E-state index contributed by atoms with van der Waals surface area (Å²) in [5.41, 5.74) is 1.30. The minimum Gasteiger partial charge on any atom is -0.495 e. The highest BCUT2D eigenvalue weighted by Crippen LogP contribution is 2.25. The van der Waals surface area contributed by atoms with Crippen molar-refractivity contribution in [2.45, 2.75) is 11.8 Å². The van der Waals surface area contributed by atoms with Gasteiger partial charge in [0.25, 0.3) is 0 Å². The zero-order chi connectivity index (χ0) is 19.3. The van der Waals surface area contributed by atoms with Gasteiger partial charge in [0.1, 0.15) is 16.5 Å². The number of anilines is 1. The number of sulfonamides is 1. The average molecular weight is 378 g/mol. The van der Waals surface area contributed by atoms with Crippen molar-refractivity contribution in [1.82, 2.24) is 4.72 Å². The number of halogens is 1. The lowest BCUT2D eigenvalue weighted by Gasteiger charge is -2.09. The van der Waals surface area contributed by atoms with Gasteiger partial charge in [-0.15, -0.1) is 0 Å². The lowest BCUT2D eigenvalue weighted by atomic mass is 10.2. The largest absolute Gasteiger partial charge is 0.495 e. The second-order valence-corrected chi connectivity index (χ2v) is 7.26. The number of amides is 1. The molecule has 0 radical (unpaired) electrons. The van der Waals surface area contributed by atoms with E-state index in [0.29, 0.717) is 16.8 Å². The number of rotatable bonds is 6. The molecule has 138 valence electrons. The molecule has 2 N–H and O–H groups in total. The first-order chi connectivity index (χ1) is 12.3. The highest BCUT2D eigenvalue weighted by atomic mass is 32.2. The molecular formula is C18H19FN2O4S. The van der Waals surface area contributed by atoms with E-state index in [9.17, 15) is 17.6 Å². The summed E-state index contributed by atoms with van der Waals surface area (Å²) < 4.78 is 44.9. The molecule has 0 aliphatic carbocycles. The Labute approximate surface area is 151 Å². The van der Waals surface area contributed by atoms with Crippen molar-refractivity contribution < 1.29 is 22.3 Å². The van der Waals surface area contributed by atoms with Crippen LogP contribution in [0, 0.1) is 12.7 Å². The van der Waals surface area contributed by atoms with Gasteiger partial charge in [0.15, 0.2) is 0 Å². The number of carbonyl (C=O) groups is 1. The first-order valence-electron chi connectivity index (χ1n) is 7.63. The number of carbonyl (C=O) groups excluding carboxylic acids is 1.